The Morgan fingerprint density at radius 3 is 2.60 bits per heavy atom. The van der Waals surface area contributed by atoms with Crippen LogP contribution in [0.5, 0.6) is 0 Å². The van der Waals surface area contributed by atoms with Crippen molar-refractivity contribution in [3.05, 3.63) is 11.1 Å². The van der Waals surface area contributed by atoms with E-state index < -0.39 is 17.9 Å². The lowest BCUT2D eigenvalue weighted by Gasteiger charge is -2.19. The molecular formula is C12H17N3O4S. The van der Waals surface area contributed by atoms with Crippen LogP contribution in [0.2, 0.25) is 0 Å². The van der Waals surface area contributed by atoms with Crippen LogP contribution >= 0.6 is 11.3 Å². The Labute approximate surface area is 120 Å². The topological polar surface area (TPSA) is 108 Å². The lowest BCUT2D eigenvalue weighted by atomic mass is 9.99. The highest BCUT2D eigenvalue weighted by Crippen LogP contribution is 2.16. The second kappa shape index (κ2) is 6.99. The summed E-state index contributed by atoms with van der Waals surface area (Å²) >= 11 is 1.10. The minimum Gasteiger partial charge on any atom is -0.480 e. The molecule has 2 atom stereocenters. The van der Waals surface area contributed by atoms with Crippen molar-refractivity contribution in [3.8, 4) is 0 Å². The lowest BCUT2D eigenvalue weighted by Crippen LogP contribution is -2.45. The molecule has 8 heteroatoms. The number of carbonyl (C=O) groups is 3. The number of hydrogen-bond donors (Lipinski definition) is 3. The largest absolute Gasteiger partial charge is 0.480 e. The maximum atomic E-state index is 11.9. The number of aliphatic carboxylic acids is 1. The highest BCUT2D eigenvalue weighted by molar-refractivity contribution is 7.14. The average Bonchev–Trinajstić information content (AvgIpc) is 2.82. The fraction of sp³-hybridized carbons (Fsp3) is 0.500. The molecule has 1 unspecified atom stereocenters. The third-order valence-electron chi connectivity index (χ3n) is 2.79. The van der Waals surface area contributed by atoms with E-state index in [0.717, 1.165) is 11.3 Å². The summed E-state index contributed by atoms with van der Waals surface area (Å²) in [6.45, 7) is 4.94. The van der Waals surface area contributed by atoms with Crippen LogP contribution in [0.25, 0.3) is 0 Å². The van der Waals surface area contributed by atoms with Crippen molar-refractivity contribution in [1.29, 1.82) is 0 Å². The minimum atomic E-state index is -1.08. The number of amides is 2. The summed E-state index contributed by atoms with van der Waals surface area (Å²) in [5.41, 5.74) is 0.0910. The standard InChI is InChI=1S/C12H17N3O4S/c1-4-6(2)9(11(18)19)15-10(17)8-5-20-12(14-8)13-7(3)16/h5-6,9H,4H2,1-3H3,(H,15,17)(H,18,19)(H,13,14,16)/t6?,9-/m0/s1. The first kappa shape index (κ1) is 16.1. The second-order valence-corrected chi connectivity index (χ2v) is 5.25. The molecule has 0 aromatic carbocycles. The zero-order valence-corrected chi connectivity index (χ0v) is 12.3. The van der Waals surface area contributed by atoms with Gasteiger partial charge in [0.05, 0.1) is 0 Å². The number of rotatable bonds is 6. The number of anilines is 1. The summed E-state index contributed by atoms with van der Waals surface area (Å²) in [5, 5.41) is 15.8. The van der Waals surface area contributed by atoms with Gasteiger partial charge in [-0.25, -0.2) is 9.78 Å². The first-order valence-corrected chi connectivity index (χ1v) is 6.99. The molecule has 1 aromatic rings. The highest BCUT2D eigenvalue weighted by atomic mass is 32.1. The third kappa shape index (κ3) is 4.30. The van der Waals surface area contributed by atoms with Gasteiger partial charge in [-0.15, -0.1) is 11.3 Å². The summed E-state index contributed by atoms with van der Waals surface area (Å²) in [5.74, 6) is -2.12. The number of carboxylic acid groups (broad SMARTS) is 1. The Balaban J connectivity index is 2.76. The van der Waals surface area contributed by atoms with Crippen LogP contribution in [0.1, 0.15) is 37.7 Å². The summed E-state index contributed by atoms with van der Waals surface area (Å²) in [4.78, 5) is 37.9. The smallest absolute Gasteiger partial charge is 0.326 e. The van der Waals surface area contributed by atoms with Crippen molar-refractivity contribution in [2.75, 3.05) is 5.32 Å². The number of nitrogens with zero attached hydrogens (tertiary/aromatic N) is 1. The van der Waals surface area contributed by atoms with Gasteiger partial charge in [0.2, 0.25) is 5.91 Å². The van der Waals surface area contributed by atoms with Gasteiger partial charge in [0, 0.05) is 12.3 Å². The molecule has 0 saturated heterocycles. The fourth-order valence-corrected chi connectivity index (χ4v) is 2.22. The monoisotopic (exact) mass is 299 g/mol. The molecule has 1 heterocycles. The first-order valence-electron chi connectivity index (χ1n) is 6.12. The fourth-order valence-electron chi connectivity index (χ4n) is 1.48. The van der Waals surface area contributed by atoms with Crippen LogP contribution in [-0.4, -0.2) is 33.9 Å². The molecule has 20 heavy (non-hydrogen) atoms. The van der Waals surface area contributed by atoms with E-state index in [4.69, 9.17) is 5.11 Å². The van der Waals surface area contributed by atoms with Crippen molar-refractivity contribution in [2.45, 2.75) is 33.2 Å². The predicted octanol–water partition coefficient (Wildman–Crippen LogP) is 1.33. The second-order valence-electron chi connectivity index (χ2n) is 4.39. The van der Waals surface area contributed by atoms with Crippen LogP contribution in [0, 0.1) is 5.92 Å². The van der Waals surface area contributed by atoms with Gasteiger partial charge in [-0.3, -0.25) is 9.59 Å². The van der Waals surface area contributed by atoms with Gasteiger partial charge in [-0.1, -0.05) is 20.3 Å². The van der Waals surface area contributed by atoms with E-state index in [1.165, 1.54) is 12.3 Å². The molecule has 0 bridgehead atoms. The van der Waals surface area contributed by atoms with Crippen molar-refractivity contribution >= 4 is 34.3 Å². The van der Waals surface area contributed by atoms with E-state index >= 15 is 0 Å². The Bertz CT molecular complexity index is 515. The van der Waals surface area contributed by atoms with E-state index in [0.29, 0.717) is 11.6 Å². The Morgan fingerprint density at radius 1 is 1.45 bits per heavy atom. The molecule has 0 aliphatic carbocycles. The molecule has 7 nitrogen and oxygen atoms in total. The molecule has 1 aromatic heterocycles. The lowest BCUT2D eigenvalue weighted by molar-refractivity contribution is -0.140. The number of hydrogen-bond acceptors (Lipinski definition) is 5. The molecule has 0 aliphatic heterocycles. The number of thiazole rings is 1. The molecule has 110 valence electrons. The van der Waals surface area contributed by atoms with Crippen molar-refractivity contribution in [1.82, 2.24) is 10.3 Å². The number of aromatic nitrogens is 1. The SMILES string of the molecule is CCC(C)[C@H](NC(=O)c1csc(NC(C)=O)n1)C(=O)O. The molecule has 0 saturated carbocycles. The van der Waals surface area contributed by atoms with E-state index in [1.54, 1.807) is 6.92 Å². The summed E-state index contributed by atoms with van der Waals surface area (Å²) in [6, 6.07) is -0.960. The van der Waals surface area contributed by atoms with Gasteiger partial charge >= 0.3 is 5.97 Å². The van der Waals surface area contributed by atoms with Crippen molar-refractivity contribution in [2.24, 2.45) is 5.92 Å². The van der Waals surface area contributed by atoms with Crippen LogP contribution in [0.15, 0.2) is 5.38 Å². The van der Waals surface area contributed by atoms with E-state index in [-0.39, 0.29) is 17.5 Å². The van der Waals surface area contributed by atoms with E-state index in [1.807, 2.05) is 6.92 Å². The van der Waals surface area contributed by atoms with Crippen LogP contribution in [0.3, 0.4) is 0 Å². The molecule has 1 rings (SSSR count). The maximum Gasteiger partial charge on any atom is 0.326 e. The highest BCUT2D eigenvalue weighted by Gasteiger charge is 2.26. The predicted molar refractivity (Wildman–Crippen MR) is 74.8 cm³/mol. The Hall–Kier alpha value is -1.96. The molecule has 0 spiro atoms. The zero-order valence-electron chi connectivity index (χ0n) is 11.5. The quantitative estimate of drug-likeness (QED) is 0.734. The minimum absolute atomic E-state index is 0.0910. The number of nitrogens with one attached hydrogen (secondary N) is 2. The molecular weight excluding hydrogens is 282 g/mol. The van der Waals surface area contributed by atoms with Gasteiger partial charge < -0.3 is 15.7 Å². The maximum absolute atomic E-state index is 11.9. The summed E-state index contributed by atoms with van der Waals surface area (Å²) < 4.78 is 0. The van der Waals surface area contributed by atoms with E-state index in [2.05, 4.69) is 15.6 Å². The molecule has 0 radical (unpaired) electrons. The van der Waals surface area contributed by atoms with Crippen molar-refractivity contribution < 1.29 is 19.5 Å². The van der Waals surface area contributed by atoms with Gasteiger partial charge in [0.1, 0.15) is 11.7 Å². The van der Waals surface area contributed by atoms with Crippen LogP contribution in [0.4, 0.5) is 5.13 Å². The van der Waals surface area contributed by atoms with Crippen LogP contribution < -0.4 is 10.6 Å². The summed E-state index contributed by atoms with van der Waals surface area (Å²) in [6.07, 6.45) is 0.630. The average molecular weight is 299 g/mol. The van der Waals surface area contributed by atoms with Gasteiger partial charge in [-0.2, -0.15) is 0 Å². The molecule has 2 amide bonds. The van der Waals surface area contributed by atoms with Crippen molar-refractivity contribution in [3.63, 3.8) is 0 Å². The van der Waals surface area contributed by atoms with Gasteiger partial charge in [0.15, 0.2) is 5.13 Å². The first-order chi connectivity index (χ1) is 9.35. The third-order valence-corrected chi connectivity index (χ3v) is 3.54. The number of carboxylic acids is 1. The van der Waals surface area contributed by atoms with Gasteiger partial charge in [-0.05, 0) is 5.92 Å². The molecule has 0 aliphatic rings. The van der Waals surface area contributed by atoms with Gasteiger partial charge in [0.25, 0.3) is 5.91 Å². The molecule has 3 N–H and O–H groups in total. The summed E-state index contributed by atoms with van der Waals surface area (Å²) in [7, 11) is 0. The Kier molecular flexibility index (Phi) is 5.63. The molecule has 0 fully saturated rings. The van der Waals surface area contributed by atoms with Crippen LogP contribution in [-0.2, 0) is 9.59 Å². The zero-order chi connectivity index (χ0) is 15.3. The van der Waals surface area contributed by atoms with E-state index in [9.17, 15) is 14.4 Å². The normalized spacial score (nSPS) is 13.3. The number of carbonyl (C=O) groups excluding carboxylic acids is 2. The Morgan fingerprint density at radius 2 is 2.10 bits per heavy atom.